The second-order valence-electron chi connectivity index (χ2n) is 4.19. The van der Waals surface area contributed by atoms with Gasteiger partial charge >= 0.3 is 0 Å². The molecular formula is C10H17N5O2. The predicted octanol–water partition coefficient (Wildman–Crippen LogP) is -1.10. The fourth-order valence-corrected chi connectivity index (χ4v) is 1.77. The number of carbonyl (C=O) groups excluding carboxylic acids is 1. The molecule has 3 N–H and O–H groups in total. The summed E-state index contributed by atoms with van der Waals surface area (Å²) in [6.45, 7) is 2.19. The normalized spacial score (nSPS) is 18.9. The van der Waals surface area contributed by atoms with Gasteiger partial charge in [-0.05, 0) is 12.8 Å². The number of hydrogen-bond acceptors (Lipinski definition) is 5. The minimum Gasteiger partial charge on any atom is -0.381 e. The van der Waals surface area contributed by atoms with Gasteiger partial charge < -0.3 is 15.8 Å². The molecule has 0 atom stereocenters. The van der Waals surface area contributed by atoms with Crippen LogP contribution in [0, 0.1) is 0 Å². The summed E-state index contributed by atoms with van der Waals surface area (Å²) in [5.41, 5.74) is 5.26. The maximum Gasteiger partial charge on any atom is 0.240 e. The Kier molecular flexibility index (Phi) is 3.70. The molecule has 94 valence electrons. The highest BCUT2D eigenvalue weighted by Crippen LogP contribution is 2.17. The van der Waals surface area contributed by atoms with E-state index >= 15 is 0 Å². The molecule has 2 heterocycles. The van der Waals surface area contributed by atoms with Crippen LogP contribution in [-0.4, -0.2) is 46.2 Å². The lowest BCUT2D eigenvalue weighted by Gasteiger charge is -2.31. The van der Waals surface area contributed by atoms with E-state index in [0.717, 1.165) is 0 Å². The van der Waals surface area contributed by atoms with Gasteiger partial charge in [-0.25, -0.2) is 0 Å². The molecule has 17 heavy (non-hydrogen) atoms. The number of hydrogen-bond donors (Lipinski definition) is 2. The second kappa shape index (κ2) is 5.24. The van der Waals surface area contributed by atoms with E-state index in [-0.39, 0.29) is 5.91 Å². The summed E-state index contributed by atoms with van der Waals surface area (Å²) in [5, 5.41) is 10.3. The van der Waals surface area contributed by atoms with Crippen molar-refractivity contribution in [1.29, 1.82) is 0 Å². The van der Waals surface area contributed by atoms with Crippen LogP contribution in [0.15, 0.2) is 12.4 Å². The lowest BCUT2D eigenvalue weighted by Crippen LogP contribution is -2.57. The van der Waals surface area contributed by atoms with Gasteiger partial charge in [0.1, 0.15) is 0 Å². The zero-order valence-electron chi connectivity index (χ0n) is 9.63. The lowest BCUT2D eigenvalue weighted by atomic mass is 9.90. The van der Waals surface area contributed by atoms with Crippen LogP contribution in [0.25, 0.3) is 0 Å². The first-order chi connectivity index (χ1) is 8.21. The molecule has 1 aliphatic heterocycles. The van der Waals surface area contributed by atoms with Crippen molar-refractivity contribution >= 4 is 5.91 Å². The summed E-state index contributed by atoms with van der Waals surface area (Å²) in [6.07, 6.45) is 4.49. The molecule has 2 rings (SSSR count). The van der Waals surface area contributed by atoms with E-state index in [4.69, 9.17) is 10.5 Å². The van der Waals surface area contributed by atoms with Crippen molar-refractivity contribution in [3.05, 3.63) is 12.4 Å². The molecule has 0 bridgehead atoms. The van der Waals surface area contributed by atoms with Gasteiger partial charge in [-0.1, -0.05) is 5.21 Å². The summed E-state index contributed by atoms with van der Waals surface area (Å²) < 4.78 is 6.86. The highest BCUT2D eigenvalue weighted by atomic mass is 16.5. The SMILES string of the molecule is NC1(C(=O)NCCn2ccnn2)CCOCC1. The van der Waals surface area contributed by atoms with Crippen LogP contribution in [0.2, 0.25) is 0 Å². The van der Waals surface area contributed by atoms with Gasteiger partial charge in [0, 0.05) is 26.0 Å². The van der Waals surface area contributed by atoms with Crippen LogP contribution in [0.4, 0.5) is 0 Å². The average Bonchev–Trinajstić information content (AvgIpc) is 2.83. The van der Waals surface area contributed by atoms with Crippen molar-refractivity contribution in [2.24, 2.45) is 5.73 Å². The number of rotatable bonds is 4. The quantitative estimate of drug-likeness (QED) is 0.695. The Balaban J connectivity index is 1.76. The Morgan fingerprint density at radius 1 is 1.53 bits per heavy atom. The van der Waals surface area contributed by atoms with Gasteiger partial charge in [-0.3, -0.25) is 9.48 Å². The number of nitrogens with zero attached hydrogens (tertiary/aromatic N) is 3. The number of carbonyl (C=O) groups is 1. The third kappa shape index (κ3) is 3.01. The minimum absolute atomic E-state index is 0.110. The van der Waals surface area contributed by atoms with Crippen molar-refractivity contribution in [3.63, 3.8) is 0 Å². The summed E-state index contributed by atoms with van der Waals surface area (Å²) in [4.78, 5) is 11.9. The first-order valence-electron chi connectivity index (χ1n) is 5.70. The molecule has 1 fully saturated rings. The highest BCUT2D eigenvalue weighted by molar-refractivity contribution is 5.86. The van der Waals surface area contributed by atoms with Crippen LogP contribution >= 0.6 is 0 Å². The molecule has 1 aliphatic rings. The van der Waals surface area contributed by atoms with Gasteiger partial charge in [0.05, 0.1) is 18.3 Å². The zero-order valence-corrected chi connectivity index (χ0v) is 9.63. The van der Waals surface area contributed by atoms with Crippen molar-refractivity contribution in [2.45, 2.75) is 24.9 Å². The van der Waals surface area contributed by atoms with Gasteiger partial charge in [0.2, 0.25) is 5.91 Å². The molecule has 1 aromatic rings. The first kappa shape index (κ1) is 12.0. The smallest absolute Gasteiger partial charge is 0.240 e. The average molecular weight is 239 g/mol. The van der Waals surface area contributed by atoms with E-state index < -0.39 is 5.54 Å². The maximum atomic E-state index is 11.9. The lowest BCUT2D eigenvalue weighted by molar-refractivity contribution is -0.129. The predicted molar refractivity (Wildman–Crippen MR) is 60.0 cm³/mol. The van der Waals surface area contributed by atoms with Gasteiger partial charge in [0.25, 0.3) is 0 Å². The number of nitrogens with two attached hydrogens (primary N) is 1. The van der Waals surface area contributed by atoms with Crippen LogP contribution in [-0.2, 0) is 16.1 Å². The zero-order chi connectivity index (χ0) is 12.1. The fraction of sp³-hybridized carbons (Fsp3) is 0.700. The molecule has 0 unspecified atom stereocenters. The van der Waals surface area contributed by atoms with E-state index in [1.807, 2.05) is 0 Å². The van der Waals surface area contributed by atoms with Crippen molar-refractivity contribution in [3.8, 4) is 0 Å². The Labute approximate surface area is 99.3 Å². The summed E-state index contributed by atoms with van der Waals surface area (Å²) in [5.74, 6) is -0.110. The molecule has 0 aliphatic carbocycles. The molecule has 0 spiro atoms. The number of ether oxygens (including phenoxy) is 1. The van der Waals surface area contributed by atoms with E-state index in [2.05, 4.69) is 15.6 Å². The molecule has 1 saturated heterocycles. The fourth-order valence-electron chi connectivity index (χ4n) is 1.77. The van der Waals surface area contributed by atoms with Crippen LogP contribution in [0.3, 0.4) is 0 Å². The molecule has 0 aromatic carbocycles. The van der Waals surface area contributed by atoms with Gasteiger partial charge in [0.15, 0.2) is 0 Å². The topological polar surface area (TPSA) is 95.1 Å². The molecule has 7 nitrogen and oxygen atoms in total. The summed E-state index contributed by atoms with van der Waals surface area (Å²) >= 11 is 0. The largest absolute Gasteiger partial charge is 0.381 e. The van der Waals surface area contributed by atoms with Crippen LogP contribution in [0.1, 0.15) is 12.8 Å². The van der Waals surface area contributed by atoms with E-state index in [1.165, 1.54) is 0 Å². The molecule has 0 radical (unpaired) electrons. The van der Waals surface area contributed by atoms with E-state index in [0.29, 0.717) is 39.1 Å². The molecular weight excluding hydrogens is 222 g/mol. The maximum absolute atomic E-state index is 11.9. The Bertz CT molecular complexity index is 359. The van der Waals surface area contributed by atoms with Crippen molar-refractivity contribution in [1.82, 2.24) is 20.3 Å². The van der Waals surface area contributed by atoms with Gasteiger partial charge in [-0.2, -0.15) is 0 Å². The Hall–Kier alpha value is -1.47. The van der Waals surface area contributed by atoms with E-state index in [9.17, 15) is 4.79 Å². The summed E-state index contributed by atoms with van der Waals surface area (Å²) in [7, 11) is 0. The molecule has 1 amide bonds. The van der Waals surface area contributed by atoms with Gasteiger partial charge in [-0.15, -0.1) is 5.10 Å². The number of aromatic nitrogens is 3. The second-order valence-corrected chi connectivity index (χ2v) is 4.19. The molecule has 7 heteroatoms. The van der Waals surface area contributed by atoms with Crippen molar-refractivity contribution in [2.75, 3.05) is 19.8 Å². The number of nitrogens with one attached hydrogen (secondary N) is 1. The minimum atomic E-state index is -0.777. The molecule has 1 aromatic heterocycles. The Morgan fingerprint density at radius 2 is 2.29 bits per heavy atom. The third-order valence-electron chi connectivity index (χ3n) is 2.94. The first-order valence-corrected chi connectivity index (χ1v) is 5.70. The standard InChI is InChI=1S/C10H17N5O2/c11-10(1-7-17-8-2-10)9(16)12-3-5-15-6-4-13-14-15/h4,6H,1-3,5,7-8,11H2,(H,12,16). The highest BCUT2D eigenvalue weighted by Gasteiger charge is 2.35. The molecule has 0 saturated carbocycles. The third-order valence-corrected chi connectivity index (χ3v) is 2.94. The van der Waals surface area contributed by atoms with Crippen LogP contribution in [0.5, 0.6) is 0 Å². The Morgan fingerprint density at radius 3 is 2.94 bits per heavy atom. The van der Waals surface area contributed by atoms with E-state index in [1.54, 1.807) is 17.1 Å². The summed E-state index contributed by atoms with van der Waals surface area (Å²) in [6, 6.07) is 0. The number of amides is 1. The monoisotopic (exact) mass is 239 g/mol. The van der Waals surface area contributed by atoms with Crippen molar-refractivity contribution < 1.29 is 9.53 Å². The van der Waals surface area contributed by atoms with Crippen LogP contribution < -0.4 is 11.1 Å².